The quantitative estimate of drug-likeness (QED) is 0.460. The van der Waals surface area contributed by atoms with Crippen LogP contribution in [0.4, 0.5) is 4.79 Å². The minimum absolute atomic E-state index is 0.0141. The second kappa shape index (κ2) is 8.31. The molecule has 1 aromatic heterocycles. The van der Waals surface area contributed by atoms with Crippen molar-refractivity contribution in [1.82, 2.24) is 25.3 Å². The minimum Gasteiger partial charge on any atom is -0.322 e. The first-order valence-corrected chi connectivity index (χ1v) is 11.7. The molecule has 1 saturated carbocycles. The van der Waals surface area contributed by atoms with Crippen molar-refractivity contribution < 1.29 is 14.4 Å². The highest BCUT2D eigenvalue weighted by Gasteiger charge is 2.52. The molecule has 0 atom stereocenters. The van der Waals surface area contributed by atoms with Crippen molar-refractivity contribution in [2.75, 3.05) is 5.75 Å². The zero-order valence-corrected chi connectivity index (χ0v) is 18.2. The molecule has 2 aromatic carbocycles. The Morgan fingerprint density at radius 1 is 1.03 bits per heavy atom. The van der Waals surface area contributed by atoms with Crippen LogP contribution in [0.5, 0.6) is 0 Å². The van der Waals surface area contributed by atoms with E-state index in [1.807, 2.05) is 59.2 Å². The van der Waals surface area contributed by atoms with Crippen LogP contribution in [0.1, 0.15) is 32.1 Å². The van der Waals surface area contributed by atoms with Crippen LogP contribution < -0.4 is 10.7 Å². The molecule has 2 heterocycles. The van der Waals surface area contributed by atoms with E-state index in [9.17, 15) is 14.4 Å². The number of amides is 4. The molecule has 2 fully saturated rings. The normalized spacial score (nSPS) is 17.7. The maximum atomic E-state index is 12.9. The Morgan fingerprint density at radius 3 is 2.53 bits per heavy atom. The zero-order valence-electron chi connectivity index (χ0n) is 17.4. The van der Waals surface area contributed by atoms with Crippen molar-refractivity contribution in [1.29, 1.82) is 0 Å². The Labute approximate surface area is 189 Å². The van der Waals surface area contributed by atoms with E-state index in [4.69, 9.17) is 0 Å². The third-order valence-electron chi connectivity index (χ3n) is 5.98. The molecule has 32 heavy (non-hydrogen) atoms. The smallest absolute Gasteiger partial charge is 0.322 e. The number of hydrazine groups is 1. The lowest BCUT2D eigenvalue weighted by molar-refractivity contribution is -0.139. The lowest BCUT2D eigenvalue weighted by Gasteiger charge is -2.30. The Kier molecular flexibility index (Phi) is 5.34. The number of para-hydroxylation sites is 3. The number of thioether (sulfide) groups is 1. The summed E-state index contributed by atoms with van der Waals surface area (Å²) in [6.45, 7) is 0. The van der Waals surface area contributed by atoms with Crippen LogP contribution in [-0.4, -0.2) is 43.7 Å². The van der Waals surface area contributed by atoms with Crippen LogP contribution in [0.25, 0.3) is 16.7 Å². The minimum atomic E-state index is -0.864. The Morgan fingerprint density at radius 2 is 1.75 bits per heavy atom. The molecule has 1 aliphatic carbocycles. The van der Waals surface area contributed by atoms with E-state index in [0.29, 0.717) is 18.0 Å². The van der Waals surface area contributed by atoms with E-state index in [0.717, 1.165) is 41.0 Å². The standard InChI is InChI=1S/C23H23N5O3S/c29-19(26-28-20(30)23(25-21(28)31)13-7-2-8-14-23)15-32-22-24-17-11-5-6-12-18(17)27(22)16-9-3-1-4-10-16/h1,3-6,9-12H,2,7-8,13-15H2,(H,25,31)(H,26,29). The number of carbonyl (C=O) groups is 3. The Hall–Kier alpha value is -3.33. The van der Waals surface area contributed by atoms with Gasteiger partial charge in [-0.3, -0.25) is 19.6 Å². The van der Waals surface area contributed by atoms with Crippen molar-refractivity contribution in [2.45, 2.75) is 42.8 Å². The van der Waals surface area contributed by atoms with Gasteiger partial charge in [0.2, 0.25) is 5.91 Å². The predicted octanol–water partition coefficient (Wildman–Crippen LogP) is 3.40. The Bertz CT molecular complexity index is 1190. The molecular weight excluding hydrogens is 426 g/mol. The SMILES string of the molecule is O=C(CSc1nc2ccccc2n1-c1ccccc1)NN1C(=O)NC2(CCCCC2)C1=O. The van der Waals surface area contributed by atoms with Crippen LogP contribution in [0.3, 0.4) is 0 Å². The molecule has 164 valence electrons. The van der Waals surface area contributed by atoms with E-state index < -0.39 is 17.5 Å². The van der Waals surface area contributed by atoms with Gasteiger partial charge in [-0.2, -0.15) is 5.01 Å². The molecule has 0 radical (unpaired) electrons. The maximum Gasteiger partial charge on any atom is 0.344 e. The van der Waals surface area contributed by atoms with Gasteiger partial charge in [0.25, 0.3) is 5.91 Å². The fourth-order valence-corrected chi connectivity index (χ4v) is 5.25. The molecule has 1 saturated heterocycles. The molecule has 9 heteroatoms. The molecule has 5 rings (SSSR count). The first kappa shape index (κ1) is 20.6. The number of rotatable bonds is 5. The highest BCUT2D eigenvalue weighted by molar-refractivity contribution is 7.99. The van der Waals surface area contributed by atoms with Crippen LogP contribution in [0.15, 0.2) is 59.8 Å². The molecule has 0 bridgehead atoms. The summed E-state index contributed by atoms with van der Waals surface area (Å²) in [6, 6.07) is 17.0. The van der Waals surface area contributed by atoms with Gasteiger partial charge in [-0.05, 0) is 37.1 Å². The lowest BCUT2D eigenvalue weighted by atomic mass is 9.82. The number of hydrogen-bond acceptors (Lipinski definition) is 5. The number of imide groups is 1. The van der Waals surface area contributed by atoms with Gasteiger partial charge in [0.05, 0.1) is 16.8 Å². The molecule has 8 nitrogen and oxygen atoms in total. The number of aromatic nitrogens is 2. The average Bonchev–Trinajstić information content (AvgIpc) is 3.29. The van der Waals surface area contributed by atoms with Crippen molar-refractivity contribution in [2.24, 2.45) is 0 Å². The van der Waals surface area contributed by atoms with Crippen LogP contribution in [0.2, 0.25) is 0 Å². The summed E-state index contributed by atoms with van der Waals surface area (Å²) in [5.74, 6) is -0.782. The van der Waals surface area contributed by atoms with Gasteiger partial charge in [-0.15, -0.1) is 0 Å². The molecule has 2 aliphatic rings. The van der Waals surface area contributed by atoms with Crippen LogP contribution in [0, 0.1) is 0 Å². The van der Waals surface area contributed by atoms with Crippen molar-refractivity contribution in [3.63, 3.8) is 0 Å². The first-order valence-electron chi connectivity index (χ1n) is 10.7. The molecule has 4 amide bonds. The van der Waals surface area contributed by atoms with Gasteiger partial charge in [-0.1, -0.05) is 61.4 Å². The van der Waals surface area contributed by atoms with E-state index in [2.05, 4.69) is 15.7 Å². The molecule has 0 unspecified atom stereocenters. The second-order valence-corrected chi connectivity index (χ2v) is 9.03. The summed E-state index contributed by atoms with van der Waals surface area (Å²) in [6.07, 6.45) is 4.05. The number of imidazole rings is 1. The number of nitrogens with zero attached hydrogens (tertiary/aromatic N) is 3. The van der Waals surface area contributed by atoms with E-state index in [-0.39, 0.29) is 11.7 Å². The maximum absolute atomic E-state index is 12.9. The summed E-state index contributed by atoms with van der Waals surface area (Å²) in [5.41, 5.74) is 4.33. The van der Waals surface area contributed by atoms with E-state index >= 15 is 0 Å². The van der Waals surface area contributed by atoms with Gasteiger partial charge < -0.3 is 5.32 Å². The fraction of sp³-hybridized carbons (Fsp3) is 0.304. The predicted molar refractivity (Wildman–Crippen MR) is 121 cm³/mol. The molecule has 1 aliphatic heterocycles. The number of fused-ring (bicyclic) bond motifs is 1. The van der Waals surface area contributed by atoms with Crippen molar-refractivity contribution in [3.8, 4) is 5.69 Å². The molecule has 3 aromatic rings. The van der Waals surface area contributed by atoms with Gasteiger partial charge in [0, 0.05) is 5.69 Å². The molecule has 2 N–H and O–H groups in total. The number of benzene rings is 2. The van der Waals surface area contributed by atoms with Gasteiger partial charge >= 0.3 is 6.03 Å². The topological polar surface area (TPSA) is 96.3 Å². The van der Waals surface area contributed by atoms with E-state index in [1.165, 1.54) is 11.8 Å². The van der Waals surface area contributed by atoms with Gasteiger partial charge in [-0.25, -0.2) is 9.78 Å². The number of carbonyl (C=O) groups excluding carboxylic acids is 3. The average molecular weight is 450 g/mol. The summed E-state index contributed by atoms with van der Waals surface area (Å²) in [4.78, 5) is 42.6. The number of hydrogen-bond donors (Lipinski definition) is 2. The summed E-state index contributed by atoms with van der Waals surface area (Å²) >= 11 is 1.26. The highest BCUT2D eigenvalue weighted by atomic mass is 32.2. The second-order valence-electron chi connectivity index (χ2n) is 8.09. The highest BCUT2D eigenvalue weighted by Crippen LogP contribution is 2.33. The number of nitrogens with one attached hydrogen (secondary N) is 2. The Balaban J connectivity index is 1.32. The lowest BCUT2D eigenvalue weighted by Crippen LogP contribution is -2.51. The van der Waals surface area contributed by atoms with Gasteiger partial charge in [0.1, 0.15) is 5.54 Å². The fourth-order valence-electron chi connectivity index (χ4n) is 4.43. The van der Waals surface area contributed by atoms with Crippen molar-refractivity contribution >= 4 is 40.6 Å². The first-order chi connectivity index (χ1) is 15.6. The summed E-state index contributed by atoms with van der Waals surface area (Å²) in [5, 5.41) is 4.30. The summed E-state index contributed by atoms with van der Waals surface area (Å²) < 4.78 is 2.00. The molecule has 1 spiro atoms. The molecular formula is C23H23N5O3S. The third-order valence-corrected chi connectivity index (χ3v) is 6.92. The zero-order chi connectivity index (χ0) is 22.1. The number of urea groups is 1. The van der Waals surface area contributed by atoms with E-state index in [1.54, 1.807) is 0 Å². The monoisotopic (exact) mass is 449 g/mol. The third kappa shape index (κ3) is 3.62. The van der Waals surface area contributed by atoms with Crippen molar-refractivity contribution in [3.05, 3.63) is 54.6 Å². The summed E-state index contributed by atoms with van der Waals surface area (Å²) in [7, 11) is 0. The van der Waals surface area contributed by atoms with Crippen LogP contribution >= 0.6 is 11.8 Å². The largest absolute Gasteiger partial charge is 0.344 e. The van der Waals surface area contributed by atoms with Gasteiger partial charge in [0.15, 0.2) is 5.16 Å². The van der Waals surface area contributed by atoms with Crippen LogP contribution in [-0.2, 0) is 9.59 Å².